The second-order valence-electron chi connectivity index (χ2n) is 8.84. The predicted molar refractivity (Wildman–Crippen MR) is 139 cm³/mol. The van der Waals surface area contributed by atoms with Gasteiger partial charge < -0.3 is 18.9 Å². The van der Waals surface area contributed by atoms with Crippen LogP contribution in [0.1, 0.15) is 26.3 Å². The van der Waals surface area contributed by atoms with Crippen molar-refractivity contribution >= 4 is 29.0 Å². The number of aryl methyl sites for hydroxylation is 1. The van der Waals surface area contributed by atoms with Crippen LogP contribution in [0.5, 0.6) is 11.5 Å². The van der Waals surface area contributed by atoms with Crippen molar-refractivity contribution in [2.75, 3.05) is 25.6 Å². The first-order valence-electron chi connectivity index (χ1n) is 11.5. The van der Waals surface area contributed by atoms with Crippen LogP contribution in [0.3, 0.4) is 0 Å². The zero-order valence-corrected chi connectivity index (χ0v) is 21.6. The van der Waals surface area contributed by atoms with Crippen molar-refractivity contribution in [3.8, 4) is 22.6 Å². The monoisotopic (exact) mass is 510 g/mol. The van der Waals surface area contributed by atoms with Crippen LogP contribution >= 0.6 is 11.8 Å². The van der Waals surface area contributed by atoms with Crippen molar-refractivity contribution in [3.05, 3.63) is 72.3 Å². The lowest BCUT2D eigenvalue weighted by molar-refractivity contribution is -0.143. The van der Waals surface area contributed by atoms with Gasteiger partial charge >= 0.3 is 17.2 Å². The Bertz CT molecular complexity index is 1160. The Hall–Kier alpha value is -3.52. The molecular formula is C28H30O7S. The molecule has 1 aliphatic rings. The van der Waals surface area contributed by atoms with Gasteiger partial charge in [0.2, 0.25) is 0 Å². The molecule has 2 aromatic rings. The highest BCUT2D eigenvalue weighted by Gasteiger charge is 2.39. The summed E-state index contributed by atoms with van der Waals surface area (Å²) < 4.78 is 22.0. The van der Waals surface area contributed by atoms with Gasteiger partial charge in [0.05, 0.1) is 5.41 Å². The van der Waals surface area contributed by atoms with Crippen molar-refractivity contribution < 1.29 is 33.3 Å². The van der Waals surface area contributed by atoms with Crippen molar-refractivity contribution in [2.45, 2.75) is 27.2 Å². The Morgan fingerprint density at radius 2 is 1.67 bits per heavy atom. The summed E-state index contributed by atoms with van der Waals surface area (Å²) in [5.74, 6) is 0.575. The normalized spacial score (nSPS) is 17.0. The SMILES string of the molecule is C=C(C)C(=O)OCC1(COc2ccc(-c3ccc(OC(=O)C(=C)C)cc3)c(CC)c2)COC(=O)SC1. The minimum Gasteiger partial charge on any atom is -0.493 e. The summed E-state index contributed by atoms with van der Waals surface area (Å²) in [7, 11) is 0. The van der Waals surface area contributed by atoms with Crippen LogP contribution in [-0.4, -0.2) is 42.8 Å². The Labute approximate surface area is 215 Å². The number of thioether (sulfide) groups is 1. The smallest absolute Gasteiger partial charge is 0.367 e. The third kappa shape index (κ3) is 7.01. The zero-order valence-electron chi connectivity index (χ0n) is 20.8. The maximum Gasteiger partial charge on any atom is 0.367 e. The second kappa shape index (κ2) is 11.9. The molecule has 36 heavy (non-hydrogen) atoms. The molecule has 3 rings (SSSR count). The van der Waals surface area contributed by atoms with Crippen LogP contribution in [0.2, 0.25) is 0 Å². The van der Waals surface area contributed by atoms with Crippen LogP contribution in [0.15, 0.2) is 66.8 Å². The third-order valence-corrected chi connectivity index (χ3v) is 6.69. The molecule has 0 saturated carbocycles. The van der Waals surface area contributed by atoms with Crippen LogP contribution in [-0.2, 0) is 25.5 Å². The van der Waals surface area contributed by atoms with Gasteiger partial charge in [-0.25, -0.2) is 14.4 Å². The molecule has 190 valence electrons. The fraction of sp³-hybridized carbons (Fsp3) is 0.321. The molecular weight excluding hydrogens is 480 g/mol. The minimum atomic E-state index is -0.661. The molecule has 0 radical (unpaired) electrons. The lowest BCUT2D eigenvalue weighted by Crippen LogP contribution is -2.44. The Morgan fingerprint density at radius 1 is 1.00 bits per heavy atom. The van der Waals surface area contributed by atoms with Gasteiger partial charge in [0.1, 0.15) is 31.3 Å². The molecule has 1 unspecified atom stereocenters. The Balaban J connectivity index is 1.73. The van der Waals surface area contributed by atoms with Gasteiger partial charge in [0.15, 0.2) is 0 Å². The van der Waals surface area contributed by atoms with Crippen LogP contribution in [0, 0.1) is 5.41 Å². The first kappa shape index (κ1) is 27.1. The summed E-state index contributed by atoms with van der Waals surface area (Å²) in [6, 6.07) is 13.1. The van der Waals surface area contributed by atoms with Gasteiger partial charge in [-0.3, -0.25) is 0 Å². The molecule has 0 spiro atoms. The number of carbonyl (C=O) groups is 3. The van der Waals surface area contributed by atoms with Crippen molar-refractivity contribution in [1.29, 1.82) is 0 Å². The molecule has 0 N–H and O–H groups in total. The summed E-state index contributed by atoms with van der Waals surface area (Å²) in [6.45, 7) is 12.8. The Kier molecular flexibility index (Phi) is 8.98. The van der Waals surface area contributed by atoms with Gasteiger partial charge in [-0.15, -0.1) is 0 Å². The number of hydrogen-bond donors (Lipinski definition) is 0. The van der Waals surface area contributed by atoms with Gasteiger partial charge in [-0.2, -0.15) is 0 Å². The molecule has 1 atom stereocenters. The van der Waals surface area contributed by atoms with E-state index in [1.54, 1.807) is 26.0 Å². The number of carbonyl (C=O) groups excluding carboxylic acids is 3. The molecule has 0 amide bonds. The van der Waals surface area contributed by atoms with Crippen molar-refractivity contribution in [2.24, 2.45) is 5.41 Å². The highest BCUT2D eigenvalue weighted by atomic mass is 32.2. The first-order valence-corrected chi connectivity index (χ1v) is 12.5. The minimum absolute atomic E-state index is 0.0555. The molecule has 1 saturated heterocycles. The topological polar surface area (TPSA) is 88.1 Å². The molecule has 7 nitrogen and oxygen atoms in total. The van der Waals surface area contributed by atoms with Gasteiger partial charge in [-0.1, -0.05) is 38.3 Å². The molecule has 1 heterocycles. The number of rotatable bonds is 10. The maximum absolute atomic E-state index is 11.9. The summed E-state index contributed by atoms with van der Waals surface area (Å²) in [5.41, 5.74) is 3.07. The fourth-order valence-electron chi connectivity index (χ4n) is 3.42. The van der Waals surface area contributed by atoms with E-state index in [1.807, 2.05) is 30.3 Å². The van der Waals surface area contributed by atoms with E-state index in [0.29, 0.717) is 28.4 Å². The highest BCUT2D eigenvalue weighted by molar-refractivity contribution is 8.13. The summed E-state index contributed by atoms with van der Waals surface area (Å²) in [6.07, 6.45) is 0.772. The van der Waals surface area contributed by atoms with E-state index < -0.39 is 17.4 Å². The second-order valence-corrected chi connectivity index (χ2v) is 9.75. The quantitative estimate of drug-likeness (QED) is 0.226. The van der Waals surface area contributed by atoms with Crippen LogP contribution in [0.25, 0.3) is 11.1 Å². The van der Waals surface area contributed by atoms with Crippen molar-refractivity contribution in [1.82, 2.24) is 0 Å². The summed E-state index contributed by atoms with van der Waals surface area (Å²) >= 11 is 1.04. The highest BCUT2D eigenvalue weighted by Crippen LogP contribution is 2.34. The molecule has 1 aliphatic heterocycles. The number of hydrogen-bond acceptors (Lipinski definition) is 8. The van der Waals surface area contributed by atoms with E-state index in [1.165, 1.54) is 0 Å². The van der Waals surface area contributed by atoms with Gasteiger partial charge in [-0.05, 0) is 73.0 Å². The number of benzene rings is 2. The van der Waals surface area contributed by atoms with E-state index in [0.717, 1.165) is 34.9 Å². The van der Waals surface area contributed by atoms with E-state index in [4.69, 9.17) is 18.9 Å². The van der Waals surface area contributed by atoms with Crippen molar-refractivity contribution in [3.63, 3.8) is 0 Å². The lowest BCUT2D eigenvalue weighted by atomic mass is 9.93. The number of cyclic esters (lactones) is 1. The van der Waals surface area contributed by atoms with Gasteiger partial charge in [0, 0.05) is 16.9 Å². The predicted octanol–water partition coefficient (Wildman–Crippen LogP) is 5.77. The molecule has 2 aromatic carbocycles. The van der Waals surface area contributed by atoms with Crippen LogP contribution in [0.4, 0.5) is 4.79 Å². The largest absolute Gasteiger partial charge is 0.493 e. The van der Waals surface area contributed by atoms with E-state index in [9.17, 15) is 14.4 Å². The number of esters is 2. The average Bonchev–Trinajstić information content (AvgIpc) is 2.87. The summed E-state index contributed by atoms with van der Waals surface area (Å²) in [4.78, 5) is 35.2. The lowest BCUT2D eigenvalue weighted by Gasteiger charge is -2.34. The van der Waals surface area contributed by atoms with Crippen LogP contribution < -0.4 is 9.47 Å². The molecule has 1 fully saturated rings. The van der Waals surface area contributed by atoms with E-state index in [-0.39, 0.29) is 25.1 Å². The van der Waals surface area contributed by atoms with Gasteiger partial charge in [0.25, 0.3) is 0 Å². The van der Waals surface area contributed by atoms with E-state index in [2.05, 4.69) is 20.1 Å². The fourth-order valence-corrected chi connectivity index (χ4v) is 4.24. The Morgan fingerprint density at radius 3 is 2.25 bits per heavy atom. The maximum atomic E-state index is 11.9. The first-order chi connectivity index (χ1) is 17.1. The number of ether oxygens (including phenoxy) is 4. The average molecular weight is 511 g/mol. The third-order valence-electron chi connectivity index (χ3n) is 5.58. The molecule has 0 aliphatic carbocycles. The van der Waals surface area contributed by atoms with E-state index >= 15 is 0 Å². The molecule has 0 bridgehead atoms. The summed E-state index contributed by atoms with van der Waals surface area (Å²) in [5, 5.41) is -0.352. The molecule has 8 heteroatoms. The molecule has 0 aromatic heterocycles. The standard InChI is InChI=1S/C28H30O7S/c1-6-20-13-23(11-12-24(20)21-7-9-22(10-8-21)35-26(30)19(4)5)32-14-28(15-33-25(29)18(2)3)16-34-27(31)36-17-28/h7-13H,2,4,6,14-17H2,1,3,5H3. The zero-order chi connectivity index (χ0) is 26.3.